The topological polar surface area (TPSA) is 38.9 Å². The van der Waals surface area contributed by atoms with Crippen molar-refractivity contribution in [1.82, 2.24) is 19.3 Å². The number of rotatable bonds is 2. The number of benzene rings is 4. The van der Waals surface area contributed by atoms with Crippen molar-refractivity contribution in [3.05, 3.63) is 138 Å². The van der Waals surface area contributed by atoms with Crippen LogP contribution in [0.1, 0.15) is 49.9 Å². The SMILES string of the molecule is CC1(C)c2ccc(-n3c4ccccc4c4ccc(-n5cccn5)cc43)cc2N2c3ncccc3C(C)(C)c3cccc1c32. The minimum Gasteiger partial charge on any atom is -0.309 e. The summed E-state index contributed by atoms with van der Waals surface area (Å²) in [5.74, 6) is 1.02. The minimum atomic E-state index is -0.174. The molecular weight excluding hydrogens is 526 g/mol. The summed E-state index contributed by atoms with van der Waals surface area (Å²) < 4.78 is 4.33. The van der Waals surface area contributed by atoms with Crippen LogP contribution in [0.3, 0.4) is 0 Å². The molecule has 43 heavy (non-hydrogen) atoms. The Bertz CT molecular complexity index is 2240. The maximum atomic E-state index is 5.03. The van der Waals surface area contributed by atoms with Gasteiger partial charge in [-0.2, -0.15) is 5.10 Å². The molecule has 7 aromatic rings. The summed E-state index contributed by atoms with van der Waals surface area (Å²) in [6, 6.07) is 35.4. The fraction of sp³-hybridized carbons (Fsp3) is 0.158. The number of hydrogen-bond acceptors (Lipinski definition) is 3. The summed E-state index contributed by atoms with van der Waals surface area (Å²) in [4.78, 5) is 7.46. The average molecular weight is 558 g/mol. The molecule has 0 radical (unpaired) electrons. The lowest BCUT2D eigenvalue weighted by molar-refractivity contribution is 0.594. The van der Waals surface area contributed by atoms with Crippen LogP contribution >= 0.6 is 0 Å². The molecule has 9 rings (SSSR count). The average Bonchev–Trinajstić information content (AvgIpc) is 3.67. The Morgan fingerprint density at radius 1 is 0.581 bits per heavy atom. The molecule has 0 N–H and O–H groups in total. The quantitative estimate of drug-likeness (QED) is 0.213. The van der Waals surface area contributed by atoms with E-state index < -0.39 is 0 Å². The van der Waals surface area contributed by atoms with Crippen LogP contribution in [0, 0.1) is 0 Å². The summed E-state index contributed by atoms with van der Waals surface area (Å²) in [6.45, 7) is 9.37. The molecule has 5 heteroatoms. The van der Waals surface area contributed by atoms with E-state index >= 15 is 0 Å². The predicted molar refractivity (Wildman–Crippen MR) is 175 cm³/mol. The molecular formula is C38H31N5. The number of hydrogen-bond donors (Lipinski definition) is 0. The molecule has 4 aromatic carbocycles. The molecule has 0 unspecified atom stereocenters. The fourth-order valence-corrected chi connectivity index (χ4v) is 7.66. The summed E-state index contributed by atoms with van der Waals surface area (Å²) in [5.41, 5.74) is 11.9. The third-order valence-electron chi connectivity index (χ3n) is 9.86. The van der Waals surface area contributed by atoms with E-state index in [2.05, 4.69) is 133 Å². The van der Waals surface area contributed by atoms with Gasteiger partial charge in [0.2, 0.25) is 0 Å². The normalized spacial score (nSPS) is 15.8. The van der Waals surface area contributed by atoms with Crippen LogP contribution in [0.4, 0.5) is 17.2 Å². The third-order valence-corrected chi connectivity index (χ3v) is 9.86. The zero-order valence-electron chi connectivity index (χ0n) is 24.7. The van der Waals surface area contributed by atoms with E-state index in [9.17, 15) is 0 Å². The first-order valence-corrected chi connectivity index (χ1v) is 14.9. The fourth-order valence-electron chi connectivity index (χ4n) is 7.66. The van der Waals surface area contributed by atoms with Gasteiger partial charge in [0.05, 0.1) is 28.1 Å². The van der Waals surface area contributed by atoms with Gasteiger partial charge in [0, 0.05) is 51.4 Å². The molecule has 0 bridgehead atoms. The second-order valence-corrected chi connectivity index (χ2v) is 12.9. The molecule has 2 aliphatic rings. The van der Waals surface area contributed by atoms with Crippen LogP contribution in [0.25, 0.3) is 33.2 Å². The van der Waals surface area contributed by atoms with Gasteiger partial charge in [0.15, 0.2) is 0 Å². The highest BCUT2D eigenvalue weighted by Crippen LogP contribution is 2.59. The van der Waals surface area contributed by atoms with Gasteiger partial charge >= 0.3 is 0 Å². The van der Waals surface area contributed by atoms with E-state index in [1.54, 1.807) is 0 Å². The van der Waals surface area contributed by atoms with E-state index in [4.69, 9.17) is 4.98 Å². The van der Waals surface area contributed by atoms with Gasteiger partial charge in [-0.15, -0.1) is 0 Å². The van der Waals surface area contributed by atoms with Crippen LogP contribution in [0.5, 0.6) is 0 Å². The van der Waals surface area contributed by atoms with E-state index in [-0.39, 0.29) is 10.8 Å². The Morgan fingerprint density at radius 3 is 2.14 bits per heavy atom. The van der Waals surface area contributed by atoms with Crippen LogP contribution in [0.15, 0.2) is 116 Å². The zero-order chi connectivity index (χ0) is 29.1. The van der Waals surface area contributed by atoms with E-state index in [1.165, 1.54) is 49.9 Å². The molecule has 0 atom stereocenters. The molecule has 3 aromatic heterocycles. The van der Waals surface area contributed by atoms with Crippen molar-refractivity contribution < 1.29 is 0 Å². The zero-order valence-corrected chi connectivity index (χ0v) is 24.7. The van der Waals surface area contributed by atoms with Crippen LogP contribution in [-0.2, 0) is 10.8 Å². The van der Waals surface area contributed by atoms with Crippen molar-refractivity contribution in [2.45, 2.75) is 38.5 Å². The Kier molecular flexibility index (Phi) is 4.68. The lowest BCUT2D eigenvalue weighted by Gasteiger charge is -2.48. The minimum absolute atomic E-state index is 0.160. The number of nitrogens with zero attached hydrogens (tertiary/aromatic N) is 5. The van der Waals surface area contributed by atoms with Crippen LogP contribution in [0.2, 0.25) is 0 Å². The summed E-state index contributed by atoms with van der Waals surface area (Å²) in [7, 11) is 0. The molecule has 5 nitrogen and oxygen atoms in total. The first-order valence-electron chi connectivity index (χ1n) is 14.9. The highest BCUT2D eigenvalue weighted by molar-refractivity contribution is 6.10. The summed E-state index contributed by atoms with van der Waals surface area (Å²) in [6.07, 6.45) is 5.74. The molecule has 2 aliphatic heterocycles. The smallest absolute Gasteiger partial charge is 0.141 e. The first-order chi connectivity index (χ1) is 20.9. The van der Waals surface area contributed by atoms with E-state index in [1.807, 2.05) is 29.3 Å². The Labute approximate surface area is 250 Å². The number of anilines is 3. The molecule has 0 fully saturated rings. The van der Waals surface area contributed by atoms with Gasteiger partial charge in [0.1, 0.15) is 5.82 Å². The molecule has 0 saturated heterocycles. The maximum absolute atomic E-state index is 5.03. The van der Waals surface area contributed by atoms with Crippen molar-refractivity contribution in [3.8, 4) is 11.4 Å². The largest absolute Gasteiger partial charge is 0.309 e. The van der Waals surface area contributed by atoms with E-state index in [0.29, 0.717) is 0 Å². The summed E-state index contributed by atoms with van der Waals surface area (Å²) >= 11 is 0. The third kappa shape index (κ3) is 3.11. The van der Waals surface area contributed by atoms with Gasteiger partial charge in [-0.1, -0.05) is 82.3 Å². The number of fused-ring (bicyclic) bond motifs is 7. The monoisotopic (exact) mass is 557 g/mol. The van der Waals surface area contributed by atoms with E-state index in [0.717, 1.165) is 22.7 Å². The molecule has 0 amide bonds. The van der Waals surface area contributed by atoms with Crippen molar-refractivity contribution >= 4 is 39.0 Å². The van der Waals surface area contributed by atoms with Crippen molar-refractivity contribution in [1.29, 1.82) is 0 Å². The van der Waals surface area contributed by atoms with Gasteiger partial charge < -0.3 is 4.57 Å². The lowest BCUT2D eigenvalue weighted by Crippen LogP contribution is -2.38. The standard InChI is InChI=1S/C38H31N5/c1-37(2)28-18-16-25(42-32-14-6-5-10-26(32)27-17-15-24(22-33(27)42)41-21-9-20-40-41)23-34(28)43-35-29(37)11-7-12-30(35)38(3,4)31-13-8-19-39-36(31)43/h5-23H,1-4H3. The van der Waals surface area contributed by atoms with Crippen LogP contribution in [-0.4, -0.2) is 19.3 Å². The number of aromatic nitrogens is 4. The Morgan fingerprint density at radius 2 is 1.33 bits per heavy atom. The van der Waals surface area contributed by atoms with Gasteiger partial charge in [-0.3, -0.25) is 4.90 Å². The van der Waals surface area contributed by atoms with Gasteiger partial charge in [-0.25, -0.2) is 9.67 Å². The molecule has 0 aliphatic carbocycles. The Hall–Kier alpha value is -5.16. The first kappa shape index (κ1) is 24.4. The maximum Gasteiger partial charge on any atom is 0.141 e. The van der Waals surface area contributed by atoms with Crippen molar-refractivity contribution in [3.63, 3.8) is 0 Å². The van der Waals surface area contributed by atoms with Gasteiger partial charge in [0.25, 0.3) is 0 Å². The molecule has 0 spiro atoms. The Balaban J connectivity index is 1.35. The summed E-state index contributed by atoms with van der Waals surface area (Å²) in [5, 5.41) is 6.97. The second kappa shape index (κ2) is 8.23. The second-order valence-electron chi connectivity index (χ2n) is 12.9. The molecule has 0 saturated carbocycles. The predicted octanol–water partition coefficient (Wildman–Crippen LogP) is 9.11. The molecule has 208 valence electrons. The lowest BCUT2D eigenvalue weighted by atomic mass is 9.67. The van der Waals surface area contributed by atoms with Crippen molar-refractivity contribution in [2.24, 2.45) is 0 Å². The molecule has 5 heterocycles. The highest BCUT2D eigenvalue weighted by Gasteiger charge is 2.45. The number of para-hydroxylation sites is 2. The van der Waals surface area contributed by atoms with Gasteiger partial charge in [-0.05, 0) is 59.2 Å². The van der Waals surface area contributed by atoms with Crippen molar-refractivity contribution in [2.75, 3.05) is 4.90 Å². The van der Waals surface area contributed by atoms with Crippen LogP contribution < -0.4 is 4.90 Å². The number of pyridine rings is 1. The highest BCUT2D eigenvalue weighted by atomic mass is 15.3.